The maximum Gasteiger partial charge on any atom is 0.191 e. The second kappa shape index (κ2) is 13.3. The molecular formula is C19H32IN7O. The van der Waals surface area contributed by atoms with Crippen LogP contribution in [-0.4, -0.2) is 61.1 Å². The first-order chi connectivity index (χ1) is 13.1. The summed E-state index contributed by atoms with van der Waals surface area (Å²) in [6.45, 7) is 5.52. The smallest absolute Gasteiger partial charge is 0.191 e. The molecule has 0 aliphatic rings. The van der Waals surface area contributed by atoms with Gasteiger partial charge in [-0.2, -0.15) is 0 Å². The van der Waals surface area contributed by atoms with Gasteiger partial charge in [-0.25, -0.2) is 4.99 Å². The fourth-order valence-corrected chi connectivity index (χ4v) is 2.52. The highest BCUT2D eigenvalue weighted by Crippen LogP contribution is 2.10. The minimum Gasteiger partial charge on any atom is -0.383 e. The van der Waals surface area contributed by atoms with E-state index in [0.717, 1.165) is 37.1 Å². The van der Waals surface area contributed by atoms with Crippen molar-refractivity contribution in [3.63, 3.8) is 0 Å². The minimum absolute atomic E-state index is 0. The van der Waals surface area contributed by atoms with Crippen molar-refractivity contribution >= 4 is 35.6 Å². The van der Waals surface area contributed by atoms with Crippen LogP contribution in [0, 0.1) is 6.92 Å². The number of hydrogen-bond acceptors (Lipinski definition) is 5. The minimum atomic E-state index is 0. The topological polar surface area (TPSA) is 79.6 Å². The maximum absolute atomic E-state index is 5.11. The van der Waals surface area contributed by atoms with E-state index in [9.17, 15) is 0 Å². The van der Waals surface area contributed by atoms with Crippen molar-refractivity contribution in [1.82, 2.24) is 25.4 Å². The fraction of sp³-hybridized carbons (Fsp3) is 0.526. The van der Waals surface area contributed by atoms with Crippen molar-refractivity contribution in [2.45, 2.75) is 19.9 Å². The van der Waals surface area contributed by atoms with Gasteiger partial charge in [-0.3, -0.25) is 0 Å². The third-order valence-electron chi connectivity index (χ3n) is 4.32. The van der Waals surface area contributed by atoms with E-state index >= 15 is 0 Å². The Hall–Kier alpha value is -1.88. The number of nitrogens with zero attached hydrogens (tertiary/aromatic N) is 5. The summed E-state index contributed by atoms with van der Waals surface area (Å²) < 4.78 is 7.05. The number of ether oxygens (including phenoxy) is 1. The van der Waals surface area contributed by atoms with Gasteiger partial charge in [0.25, 0.3) is 0 Å². The SMILES string of the molecule is COCCNC(=NCc1nnc(C)n1C)NCCCN(C)c1ccccc1.I. The third-order valence-corrected chi connectivity index (χ3v) is 4.32. The van der Waals surface area contributed by atoms with Crippen LogP contribution in [0.4, 0.5) is 5.69 Å². The molecule has 0 spiro atoms. The molecule has 0 amide bonds. The Kier molecular flexibility index (Phi) is 11.5. The Balaban J connectivity index is 0.00000392. The van der Waals surface area contributed by atoms with E-state index < -0.39 is 0 Å². The highest BCUT2D eigenvalue weighted by atomic mass is 127. The zero-order chi connectivity index (χ0) is 19.5. The van der Waals surface area contributed by atoms with Crippen molar-refractivity contribution in [1.29, 1.82) is 0 Å². The van der Waals surface area contributed by atoms with Crippen LogP contribution in [0.2, 0.25) is 0 Å². The second-order valence-electron chi connectivity index (χ2n) is 6.34. The van der Waals surface area contributed by atoms with E-state index in [2.05, 4.69) is 62.0 Å². The van der Waals surface area contributed by atoms with Gasteiger partial charge in [-0.15, -0.1) is 34.2 Å². The molecule has 1 aromatic heterocycles. The molecule has 156 valence electrons. The number of aromatic nitrogens is 3. The van der Waals surface area contributed by atoms with Gasteiger partial charge in [-0.1, -0.05) is 18.2 Å². The highest BCUT2D eigenvalue weighted by Gasteiger charge is 2.05. The lowest BCUT2D eigenvalue weighted by molar-refractivity contribution is 0.203. The number of methoxy groups -OCH3 is 1. The summed E-state index contributed by atoms with van der Waals surface area (Å²) >= 11 is 0. The molecule has 1 heterocycles. The first kappa shape index (κ1) is 24.2. The molecule has 2 rings (SSSR count). The average Bonchev–Trinajstić information content (AvgIpc) is 3.01. The lowest BCUT2D eigenvalue weighted by Crippen LogP contribution is -2.40. The number of halogens is 1. The first-order valence-electron chi connectivity index (χ1n) is 9.24. The third kappa shape index (κ3) is 8.01. The number of aliphatic imine (C=N–C) groups is 1. The van der Waals surface area contributed by atoms with Gasteiger partial charge >= 0.3 is 0 Å². The number of hydrogen-bond donors (Lipinski definition) is 2. The molecule has 9 heteroatoms. The monoisotopic (exact) mass is 501 g/mol. The van der Waals surface area contributed by atoms with Gasteiger partial charge in [-0.05, 0) is 25.5 Å². The summed E-state index contributed by atoms with van der Waals surface area (Å²) in [6.07, 6.45) is 0.999. The zero-order valence-electron chi connectivity index (χ0n) is 17.2. The fourth-order valence-electron chi connectivity index (χ4n) is 2.52. The summed E-state index contributed by atoms with van der Waals surface area (Å²) in [4.78, 5) is 6.87. The molecule has 0 atom stereocenters. The lowest BCUT2D eigenvalue weighted by Gasteiger charge is -2.19. The van der Waals surface area contributed by atoms with Crippen molar-refractivity contribution in [3.05, 3.63) is 42.0 Å². The molecule has 2 N–H and O–H groups in total. The number of anilines is 1. The largest absolute Gasteiger partial charge is 0.383 e. The molecule has 1 aromatic carbocycles. The maximum atomic E-state index is 5.11. The second-order valence-corrected chi connectivity index (χ2v) is 6.34. The van der Waals surface area contributed by atoms with Gasteiger partial charge in [0.15, 0.2) is 11.8 Å². The molecular weight excluding hydrogens is 469 g/mol. The molecule has 0 fully saturated rings. The van der Waals surface area contributed by atoms with Crippen LogP contribution in [0.1, 0.15) is 18.1 Å². The van der Waals surface area contributed by atoms with E-state index in [-0.39, 0.29) is 24.0 Å². The van der Waals surface area contributed by atoms with Gasteiger partial charge in [0.2, 0.25) is 0 Å². The van der Waals surface area contributed by atoms with Crippen molar-refractivity contribution in [2.24, 2.45) is 12.0 Å². The lowest BCUT2D eigenvalue weighted by atomic mass is 10.3. The number of para-hydroxylation sites is 1. The van der Waals surface area contributed by atoms with Crippen LogP contribution < -0.4 is 15.5 Å². The molecule has 2 aromatic rings. The Bertz CT molecular complexity index is 706. The van der Waals surface area contributed by atoms with Gasteiger partial charge in [0.1, 0.15) is 12.4 Å². The average molecular weight is 501 g/mol. The normalized spacial score (nSPS) is 11.1. The van der Waals surface area contributed by atoms with E-state index in [0.29, 0.717) is 19.7 Å². The van der Waals surface area contributed by atoms with Crippen LogP contribution in [0.5, 0.6) is 0 Å². The van der Waals surface area contributed by atoms with Crippen LogP contribution in [0.3, 0.4) is 0 Å². The van der Waals surface area contributed by atoms with Crippen molar-refractivity contribution in [2.75, 3.05) is 45.3 Å². The molecule has 0 aliphatic carbocycles. The predicted octanol–water partition coefficient (Wildman–Crippen LogP) is 1.95. The molecule has 8 nitrogen and oxygen atoms in total. The number of rotatable bonds is 10. The summed E-state index contributed by atoms with van der Waals surface area (Å²) in [5, 5.41) is 14.9. The molecule has 0 aliphatic heterocycles. The highest BCUT2D eigenvalue weighted by molar-refractivity contribution is 14.0. The molecule has 0 bridgehead atoms. The molecule has 28 heavy (non-hydrogen) atoms. The van der Waals surface area contributed by atoms with E-state index in [4.69, 9.17) is 4.74 Å². The van der Waals surface area contributed by atoms with Gasteiger partial charge in [0, 0.05) is 46.5 Å². The standard InChI is InChI=1S/C19H31N7O.HI/c1-16-23-24-18(26(16)3)15-22-19(21-12-14-27-4)20-11-8-13-25(2)17-9-6-5-7-10-17;/h5-7,9-10H,8,11-15H2,1-4H3,(H2,20,21,22);1H. The van der Waals surface area contributed by atoms with Crippen LogP contribution in [-0.2, 0) is 18.3 Å². The van der Waals surface area contributed by atoms with Gasteiger partial charge < -0.3 is 24.8 Å². The molecule has 0 radical (unpaired) electrons. The molecule has 0 saturated heterocycles. The number of guanidine groups is 1. The van der Waals surface area contributed by atoms with Crippen LogP contribution in [0.25, 0.3) is 0 Å². The number of benzene rings is 1. The Morgan fingerprint density at radius 2 is 1.89 bits per heavy atom. The number of nitrogens with one attached hydrogen (secondary N) is 2. The zero-order valence-corrected chi connectivity index (χ0v) is 19.5. The first-order valence-corrected chi connectivity index (χ1v) is 9.24. The van der Waals surface area contributed by atoms with Crippen LogP contribution >= 0.6 is 24.0 Å². The summed E-state index contributed by atoms with van der Waals surface area (Å²) in [6, 6.07) is 10.4. The van der Waals surface area contributed by atoms with E-state index in [1.807, 2.05) is 24.6 Å². The number of aryl methyl sites for hydroxylation is 1. The Morgan fingerprint density at radius 1 is 1.18 bits per heavy atom. The Morgan fingerprint density at radius 3 is 2.54 bits per heavy atom. The molecule has 0 saturated carbocycles. The summed E-state index contributed by atoms with van der Waals surface area (Å²) in [7, 11) is 5.75. The summed E-state index contributed by atoms with van der Waals surface area (Å²) in [5.41, 5.74) is 1.22. The quantitative estimate of drug-likeness (QED) is 0.224. The molecule has 0 unspecified atom stereocenters. The van der Waals surface area contributed by atoms with Gasteiger partial charge in [0.05, 0.1) is 6.61 Å². The Labute approximate surface area is 184 Å². The van der Waals surface area contributed by atoms with Crippen molar-refractivity contribution < 1.29 is 4.74 Å². The van der Waals surface area contributed by atoms with E-state index in [1.165, 1.54) is 5.69 Å². The van der Waals surface area contributed by atoms with Crippen LogP contribution in [0.15, 0.2) is 35.3 Å². The van der Waals surface area contributed by atoms with E-state index in [1.54, 1.807) is 7.11 Å². The predicted molar refractivity (Wildman–Crippen MR) is 125 cm³/mol. The van der Waals surface area contributed by atoms with Crippen molar-refractivity contribution in [3.8, 4) is 0 Å². The summed E-state index contributed by atoms with van der Waals surface area (Å²) in [5.74, 6) is 2.48.